The van der Waals surface area contributed by atoms with E-state index in [1.165, 1.54) is 7.11 Å². The van der Waals surface area contributed by atoms with Crippen LogP contribution in [0.25, 0.3) is 22.4 Å². The number of likely N-dealkylation sites (tertiary alicyclic amines) is 1. The number of hydrogen-bond acceptors (Lipinski definition) is 9. The highest BCUT2D eigenvalue weighted by Crippen LogP contribution is 2.45. The van der Waals surface area contributed by atoms with Gasteiger partial charge in [-0.15, -0.1) is 0 Å². The van der Waals surface area contributed by atoms with Gasteiger partial charge in [-0.05, 0) is 79.2 Å². The molecule has 10 nitrogen and oxygen atoms in total. The number of ketones is 1. The van der Waals surface area contributed by atoms with Crippen LogP contribution in [-0.4, -0.2) is 70.1 Å². The Morgan fingerprint density at radius 1 is 0.964 bits per heavy atom. The molecule has 2 aliphatic carbocycles. The van der Waals surface area contributed by atoms with Crippen LogP contribution in [0.5, 0.6) is 11.8 Å². The van der Waals surface area contributed by atoms with E-state index in [0.29, 0.717) is 79.1 Å². The molecule has 2 N–H and O–H groups in total. The number of pyridine rings is 1. The normalized spacial score (nSPS) is 21.1. The van der Waals surface area contributed by atoms with Crippen molar-refractivity contribution >= 4 is 23.4 Å². The number of halogens is 4. The van der Waals surface area contributed by atoms with Gasteiger partial charge in [0.25, 0.3) is 0 Å². The largest absolute Gasteiger partial charge is 0.481 e. The second kappa shape index (κ2) is 16.5. The maximum absolute atomic E-state index is 14.6. The summed E-state index contributed by atoms with van der Waals surface area (Å²) in [6.45, 7) is 3.50. The first-order valence-electron chi connectivity index (χ1n) is 19.0. The molecule has 0 unspecified atom stereocenters. The number of carboxylic acid groups (broad SMARTS) is 1. The van der Waals surface area contributed by atoms with E-state index in [4.69, 9.17) is 26.1 Å². The highest BCUT2D eigenvalue weighted by molar-refractivity contribution is 6.36. The third-order valence-electron chi connectivity index (χ3n) is 11.3. The van der Waals surface area contributed by atoms with Gasteiger partial charge in [0, 0.05) is 49.2 Å². The quantitative estimate of drug-likeness (QED) is 0.138. The zero-order valence-corrected chi connectivity index (χ0v) is 32.3. The zero-order chi connectivity index (χ0) is 39.7. The number of nitrogens with one attached hydrogen (secondary N) is 1. The summed E-state index contributed by atoms with van der Waals surface area (Å²) in [7, 11) is 2.91. The van der Waals surface area contributed by atoms with Gasteiger partial charge in [0.15, 0.2) is 5.69 Å². The standard InChI is InChI=1S/C42H45ClF3N5O5/c1-23-16-36(41(53)54)51(21-23)22-35-40(56-3)50-34(38(48-35)42(44,45)46)18-25-11-14-30-28(25)6-4-7-29(30)31-8-5-9-32(37(31)43)33-15-12-26(39(49-33)55-2)20-47-19-24-10-13-27(52)17-24/h4-9,12,15,23-25,36,47H,10-11,13-14,16-22H2,1-3H3,(H,53,54)/t23-,24-,25-,36+/m1/s1. The summed E-state index contributed by atoms with van der Waals surface area (Å²) in [5.41, 5.74) is 4.54. The van der Waals surface area contributed by atoms with Crippen LogP contribution < -0.4 is 14.8 Å². The van der Waals surface area contributed by atoms with Crippen LogP contribution in [0.1, 0.15) is 78.7 Å². The number of nitrogens with zero attached hydrogens (tertiary/aromatic N) is 4. The van der Waals surface area contributed by atoms with E-state index < -0.39 is 23.9 Å². The van der Waals surface area contributed by atoms with Gasteiger partial charge in [-0.2, -0.15) is 13.2 Å². The van der Waals surface area contributed by atoms with Gasteiger partial charge in [0.05, 0.1) is 30.6 Å². The van der Waals surface area contributed by atoms with Crippen molar-refractivity contribution in [1.82, 2.24) is 25.2 Å². The maximum Gasteiger partial charge on any atom is 0.435 e. The number of benzene rings is 2. The lowest BCUT2D eigenvalue weighted by atomic mass is 9.91. The minimum absolute atomic E-state index is 0.00902. The van der Waals surface area contributed by atoms with Gasteiger partial charge in [-0.1, -0.05) is 61.0 Å². The van der Waals surface area contributed by atoms with Crippen molar-refractivity contribution in [2.24, 2.45) is 11.8 Å². The molecule has 1 saturated carbocycles. The summed E-state index contributed by atoms with van der Waals surface area (Å²) < 4.78 is 55.0. The van der Waals surface area contributed by atoms with Crippen LogP contribution in [0.15, 0.2) is 48.5 Å². The Labute approximate surface area is 328 Å². The number of rotatable bonds is 13. The fourth-order valence-corrected chi connectivity index (χ4v) is 8.99. The second-order valence-electron chi connectivity index (χ2n) is 15.2. The van der Waals surface area contributed by atoms with E-state index in [2.05, 4.69) is 15.3 Å². The molecule has 1 saturated heterocycles. The minimum atomic E-state index is -4.78. The Hall–Kier alpha value is -4.59. The van der Waals surface area contributed by atoms with E-state index in [1.807, 2.05) is 55.5 Å². The summed E-state index contributed by atoms with van der Waals surface area (Å²) in [4.78, 5) is 38.4. The number of Topliss-reactive ketones (excluding diaryl/α,β-unsaturated/α-hetero) is 1. The van der Waals surface area contributed by atoms with Gasteiger partial charge < -0.3 is 19.9 Å². The Morgan fingerprint density at radius 2 is 1.71 bits per heavy atom. The number of aromatic nitrogens is 3. The lowest BCUT2D eigenvalue weighted by Gasteiger charge is -2.23. The first-order valence-corrected chi connectivity index (χ1v) is 19.4. The number of methoxy groups -OCH3 is 2. The molecule has 3 aliphatic rings. The predicted molar refractivity (Wildman–Crippen MR) is 205 cm³/mol. The molecule has 1 aliphatic heterocycles. The molecule has 56 heavy (non-hydrogen) atoms. The molecule has 0 radical (unpaired) electrons. The number of aliphatic carboxylic acids is 1. The Kier molecular flexibility index (Phi) is 11.7. The first kappa shape index (κ1) is 39.6. The van der Waals surface area contributed by atoms with Crippen molar-refractivity contribution in [3.8, 4) is 34.1 Å². The van der Waals surface area contributed by atoms with E-state index in [9.17, 15) is 27.9 Å². The van der Waals surface area contributed by atoms with Crippen LogP contribution >= 0.6 is 11.6 Å². The minimum Gasteiger partial charge on any atom is -0.481 e. The Bertz CT molecular complexity index is 2130. The lowest BCUT2D eigenvalue weighted by Crippen LogP contribution is -2.36. The number of hydrogen-bond donors (Lipinski definition) is 2. The number of carbonyl (C=O) groups excluding carboxylic acids is 1. The molecule has 2 aromatic heterocycles. The third-order valence-corrected chi connectivity index (χ3v) is 11.8. The highest BCUT2D eigenvalue weighted by Gasteiger charge is 2.41. The molecule has 0 bridgehead atoms. The Morgan fingerprint density at radius 3 is 2.43 bits per heavy atom. The van der Waals surface area contributed by atoms with Crippen molar-refractivity contribution in [2.75, 3.05) is 27.3 Å². The van der Waals surface area contributed by atoms with Crippen molar-refractivity contribution in [3.63, 3.8) is 0 Å². The van der Waals surface area contributed by atoms with E-state index in [0.717, 1.165) is 40.8 Å². The molecule has 4 atom stereocenters. The molecule has 2 fully saturated rings. The lowest BCUT2D eigenvalue weighted by molar-refractivity contribution is -0.144. The van der Waals surface area contributed by atoms with Gasteiger partial charge in [0.2, 0.25) is 11.8 Å². The average molecular weight is 792 g/mol. The van der Waals surface area contributed by atoms with Crippen LogP contribution in [0.4, 0.5) is 13.2 Å². The topological polar surface area (TPSA) is 127 Å². The number of alkyl halides is 3. The monoisotopic (exact) mass is 791 g/mol. The summed E-state index contributed by atoms with van der Waals surface area (Å²) in [5.74, 6) is -0.112. The van der Waals surface area contributed by atoms with Crippen LogP contribution in [-0.2, 0) is 41.7 Å². The van der Waals surface area contributed by atoms with Gasteiger partial charge >= 0.3 is 12.1 Å². The van der Waals surface area contributed by atoms with Crippen molar-refractivity contribution < 1.29 is 37.3 Å². The molecular formula is C42H45ClF3N5O5. The number of ether oxygens (including phenoxy) is 2. The molecule has 0 amide bonds. The molecule has 3 heterocycles. The van der Waals surface area contributed by atoms with Gasteiger partial charge in [0.1, 0.15) is 17.5 Å². The molecule has 2 aromatic carbocycles. The summed E-state index contributed by atoms with van der Waals surface area (Å²) in [5, 5.41) is 13.7. The molecule has 296 valence electrons. The molecule has 14 heteroatoms. The van der Waals surface area contributed by atoms with Crippen LogP contribution in [0.2, 0.25) is 5.02 Å². The summed E-state index contributed by atoms with van der Waals surface area (Å²) in [6, 6.07) is 14.6. The zero-order valence-electron chi connectivity index (χ0n) is 31.6. The first-order chi connectivity index (χ1) is 26.8. The maximum atomic E-state index is 14.6. The smallest absolute Gasteiger partial charge is 0.435 e. The average Bonchev–Trinajstić information content (AvgIpc) is 3.89. The summed E-state index contributed by atoms with van der Waals surface area (Å²) in [6.07, 6.45) is -0.976. The molecule has 4 aromatic rings. The van der Waals surface area contributed by atoms with E-state index in [1.54, 1.807) is 12.0 Å². The fraction of sp³-hybridized carbons (Fsp3) is 0.452. The fourth-order valence-electron chi connectivity index (χ4n) is 8.66. The highest BCUT2D eigenvalue weighted by atomic mass is 35.5. The van der Waals surface area contributed by atoms with Gasteiger partial charge in [-0.25, -0.2) is 15.0 Å². The molecule has 7 rings (SSSR count). The molecule has 0 spiro atoms. The Balaban J connectivity index is 1.13. The van der Waals surface area contributed by atoms with Gasteiger partial charge in [-0.3, -0.25) is 14.5 Å². The van der Waals surface area contributed by atoms with E-state index >= 15 is 0 Å². The van der Waals surface area contributed by atoms with E-state index in [-0.39, 0.29) is 42.1 Å². The predicted octanol–water partition coefficient (Wildman–Crippen LogP) is 7.92. The van der Waals surface area contributed by atoms with Crippen molar-refractivity contribution in [2.45, 2.75) is 83.1 Å². The molecular weight excluding hydrogens is 747 g/mol. The number of fused-ring (bicyclic) bond motifs is 1. The van der Waals surface area contributed by atoms with Crippen LogP contribution in [0.3, 0.4) is 0 Å². The van der Waals surface area contributed by atoms with Crippen molar-refractivity contribution in [1.29, 1.82) is 0 Å². The number of carbonyl (C=O) groups is 2. The van der Waals surface area contributed by atoms with Crippen LogP contribution in [0, 0.1) is 11.8 Å². The number of carboxylic acids is 1. The second-order valence-corrected chi connectivity index (χ2v) is 15.6. The third kappa shape index (κ3) is 8.26. The SMILES string of the molecule is COc1nc(-c2cccc(-c3cccc4c3CC[C@@H]4Cc3nc(OC)c(CN4C[C@H](C)C[C@H]4C(=O)O)nc3C(F)(F)F)c2Cl)ccc1CNC[C@@H]1CCC(=O)C1. The van der Waals surface area contributed by atoms with Crippen molar-refractivity contribution in [3.05, 3.63) is 87.3 Å². The summed E-state index contributed by atoms with van der Waals surface area (Å²) >= 11 is 7.15.